The Bertz CT molecular complexity index is 1390. The van der Waals surface area contributed by atoms with Crippen LogP contribution in [-0.2, 0) is 16.5 Å². The van der Waals surface area contributed by atoms with Crippen molar-refractivity contribution in [1.82, 2.24) is 20.1 Å². The molecule has 4 aliphatic rings. The first-order valence-electron chi connectivity index (χ1n) is 11.7. The number of nitrogens with one attached hydrogen (secondary N) is 1. The molecule has 0 spiro atoms. The van der Waals surface area contributed by atoms with Gasteiger partial charge in [-0.15, -0.1) is 0 Å². The van der Waals surface area contributed by atoms with E-state index in [2.05, 4.69) is 15.4 Å². The molecule has 7 rings (SSSR count). The number of hydrogen-bond acceptors (Lipinski definition) is 5. The molecule has 2 N–H and O–H groups in total. The smallest absolute Gasteiger partial charge is 0.417 e. The molecule has 1 amide bonds. The monoisotopic (exact) mass is 536 g/mol. The summed E-state index contributed by atoms with van der Waals surface area (Å²) in [5, 5.41) is 17.8. The van der Waals surface area contributed by atoms with E-state index in [1.165, 1.54) is 12.1 Å². The number of amides is 1. The number of aliphatic hydroxyl groups is 1. The number of alkyl halides is 3. The lowest BCUT2D eigenvalue weighted by molar-refractivity contribution is -0.138. The molecule has 2 bridgehead atoms. The van der Waals surface area contributed by atoms with Crippen LogP contribution in [0.5, 0.6) is 5.75 Å². The first-order chi connectivity index (χ1) is 17.5. The van der Waals surface area contributed by atoms with E-state index in [1.54, 1.807) is 12.4 Å². The zero-order valence-electron chi connectivity index (χ0n) is 19.2. The van der Waals surface area contributed by atoms with Crippen molar-refractivity contribution in [3.05, 3.63) is 64.8 Å². The van der Waals surface area contributed by atoms with Gasteiger partial charge >= 0.3 is 6.18 Å². The Morgan fingerprint density at radius 3 is 2.70 bits per heavy atom. The summed E-state index contributed by atoms with van der Waals surface area (Å²) in [5.41, 5.74) is -0.240. The molecule has 37 heavy (non-hydrogen) atoms. The van der Waals surface area contributed by atoms with E-state index < -0.39 is 35.3 Å². The Morgan fingerprint density at radius 2 is 2.00 bits per heavy atom. The first kappa shape index (κ1) is 24.2. The van der Waals surface area contributed by atoms with Gasteiger partial charge in [0.25, 0.3) is 5.91 Å². The number of halogens is 5. The molecular weight excluding hydrogens is 516 g/mol. The molecule has 2 atom stereocenters. The van der Waals surface area contributed by atoms with Gasteiger partial charge < -0.3 is 15.2 Å². The van der Waals surface area contributed by atoms with Crippen LogP contribution in [-0.4, -0.2) is 37.4 Å². The fraction of sp³-hybridized carbons (Fsp3) is 0.400. The van der Waals surface area contributed by atoms with Crippen molar-refractivity contribution in [1.29, 1.82) is 0 Å². The largest absolute Gasteiger partial charge is 0.480 e. The van der Waals surface area contributed by atoms with E-state index in [0.29, 0.717) is 36.1 Å². The predicted octanol–water partition coefficient (Wildman–Crippen LogP) is 4.78. The van der Waals surface area contributed by atoms with Crippen LogP contribution in [0, 0.1) is 5.82 Å². The van der Waals surface area contributed by atoms with E-state index in [0.717, 1.165) is 24.8 Å². The van der Waals surface area contributed by atoms with Crippen LogP contribution in [0.1, 0.15) is 49.3 Å². The molecule has 0 saturated heterocycles. The van der Waals surface area contributed by atoms with E-state index in [9.17, 15) is 27.5 Å². The van der Waals surface area contributed by atoms with E-state index in [1.807, 2.05) is 4.68 Å². The van der Waals surface area contributed by atoms with Crippen LogP contribution in [0.2, 0.25) is 5.02 Å². The zero-order valence-corrected chi connectivity index (χ0v) is 20.0. The molecule has 12 heteroatoms. The third kappa shape index (κ3) is 4.04. The number of hydrogen-bond donors (Lipinski definition) is 2. The molecule has 3 aromatic rings. The Balaban J connectivity index is 1.12. The Labute approximate surface area is 213 Å². The number of rotatable bonds is 4. The highest BCUT2D eigenvalue weighted by atomic mass is 35.5. The molecular formula is C25H21ClF4N4O3. The minimum atomic E-state index is -4.45. The summed E-state index contributed by atoms with van der Waals surface area (Å²) in [6.45, 7) is 0. The third-order valence-electron chi connectivity index (χ3n) is 7.66. The maximum Gasteiger partial charge on any atom is 0.417 e. The molecule has 0 radical (unpaired) electrons. The fourth-order valence-corrected chi connectivity index (χ4v) is 6.02. The molecule has 3 aliphatic carbocycles. The summed E-state index contributed by atoms with van der Waals surface area (Å²) in [4.78, 5) is 17.0. The van der Waals surface area contributed by atoms with Crippen molar-refractivity contribution in [3.63, 3.8) is 0 Å². The highest BCUT2D eigenvalue weighted by Gasteiger charge is 2.63. The summed E-state index contributed by atoms with van der Waals surface area (Å²) >= 11 is 5.80. The number of pyridine rings is 1. The summed E-state index contributed by atoms with van der Waals surface area (Å²) in [7, 11) is 0. The van der Waals surface area contributed by atoms with Crippen molar-refractivity contribution in [2.45, 2.75) is 61.6 Å². The topological polar surface area (TPSA) is 89.3 Å². The summed E-state index contributed by atoms with van der Waals surface area (Å²) < 4.78 is 59.9. The average molecular weight is 537 g/mol. The molecule has 7 nitrogen and oxygen atoms in total. The van der Waals surface area contributed by atoms with Gasteiger partial charge in [-0.25, -0.2) is 4.39 Å². The standard InChI is InChI=1S/C25H21ClF4N4O3/c26-16-5-15-19(35)7-21(37-20(15)6-17(16)27)22(36)33-23-3-4-24(11-23,12-23)34-10-13(8-32-34)18-2-1-14(9-31-18)25(28,29)30/h1-2,5-6,8-10,19,21,35H,3-4,7,11-12H2,(H,33,36)/t19-,21-,23?,24?/m1/s1. The van der Waals surface area contributed by atoms with E-state index in [4.69, 9.17) is 16.3 Å². The van der Waals surface area contributed by atoms with Crippen molar-refractivity contribution >= 4 is 17.5 Å². The Kier molecular flexibility index (Phi) is 5.33. The van der Waals surface area contributed by atoms with Gasteiger partial charge in [0.1, 0.15) is 11.6 Å². The number of benzene rings is 1. The minimum absolute atomic E-state index is 0.0185. The normalized spacial score (nSPS) is 28.3. The molecule has 1 aliphatic heterocycles. The molecule has 3 heterocycles. The lowest BCUT2D eigenvalue weighted by Gasteiger charge is -2.48. The second-order valence-electron chi connectivity index (χ2n) is 10.1. The van der Waals surface area contributed by atoms with Crippen LogP contribution in [0.4, 0.5) is 17.6 Å². The fourth-order valence-electron chi connectivity index (χ4n) is 5.85. The second-order valence-corrected chi connectivity index (χ2v) is 10.5. The maximum absolute atomic E-state index is 13.9. The first-order valence-corrected chi connectivity index (χ1v) is 12.1. The van der Waals surface area contributed by atoms with Gasteiger partial charge in [-0.3, -0.25) is 14.5 Å². The van der Waals surface area contributed by atoms with Gasteiger partial charge in [-0.2, -0.15) is 18.3 Å². The quantitative estimate of drug-likeness (QED) is 0.469. The number of fused-ring (bicyclic) bond motifs is 2. The Morgan fingerprint density at radius 1 is 1.22 bits per heavy atom. The van der Waals surface area contributed by atoms with Crippen LogP contribution in [0.15, 0.2) is 42.9 Å². The van der Waals surface area contributed by atoms with Gasteiger partial charge in [0.2, 0.25) is 0 Å². The average Bonchev–Trinajstić information content (AvgIpc) is 3.54. The number of carbonyl (C=O) groups excluding carboxylic acids is 1. The zero-order chi connectivity index (χ0) is 26.2. The van der Waals surface area contributed by atoms with E-state index in [-0.39, 0.29) is 28.6 Å². The summed E-state index contributed by atoms with van der Waals surface area (Å²) in [5.74, 6) is -0.990. The SMILES string of the molecule is O=C(NC12CCC(n3cc(-c4ccc(C(F)(F)F)cn4)cn3)(C1)C2)[C@H]1C[C@@H](O)c2cc(Cl)c(F)cc2O1. The van der Waals surface area contributed by atoms with Gasteiger partial charge in [-0.1, -0.05) is 11.6 Å². The van der Waals surface area contributed by atoms with Gasteiger partial charge in [-0.05, 0) is 43.9 Å². The third-order valence-corrected chi connectivity index (χ3v) is 7.95. The molecule has 1 aromatic carbocycles. The Hall–Kier alpha value is -3.18. The summed E-state index contributed by atoms with van der Waals surface area (Å²) in [6, 6.07) is 4.68. The van der Waals surface area contributed by atoms with E-state index >= 15 is 0 Å². The van der Waals surface area contributed by atoms with Gasteiger partial charge in [0.05, 0.1) is 34.1 Å². The van der Waals surface area contributed by atoms with Crippen molar-refractivity contribution in [3.8, 4) is 17.0 Å². The van der Waals surface area contributed by atoms with Crippen molar-refractivity contribution < 1.29 is 32.2 Å². The highest BCUT2D eigenvalue weighted by Crippen LogP contribution is 2.59. The number of carbonyl (C=O) groups is 1. The molecule has 0 unspecified atom stereocenters. The second kappa shape index (κ2) is 8.16. The molecule has 2 aromatic heterocycles. The molecule has 3 saturated carbocycles. The maximum atomic E-state index is 13.9. The van der Waals surface area contributed by atoms with Crippen LogP contribution < -0.4 is 10.1 Å². The van der Waals surface area contributed by atoms with Crippen molar-refractivity contribution in [2.75, 3.05) is 0 Å². The molecule has 194 valence electrons. The number of nitrogens with zero attached hydrogens (tertiary/aromatic N) is 3. The van der Waals surface area contributed by atoms with Crippen molar-refractivity contribution in [2.24, 2.45) is 0 Å². The number of aromatic nitrogens is 3. The predicted molar refractivity (Wildman–Crippen MR) is 123 cm³/mol. The lowest BCUT2D eigenvalue weighted by atomic mass is 9.71. The minimum Gasteiger partial charge on any atom is -0.480 e. The number of aliphatic hydroxyl groups excluding tert-OH is 1. The summed E-state index contributed by atoms with van der Waals surface area (Å²) in [6.07, 6.45) is 0.443. The van der Waals surface area contributed by atoms with Crippen LogP contribution in [0.25, 0.3) is 11.3 Å². The van der Waals surface area contributed by atoms with Crippen LogP contribution in [0.3, 0.4) is 0 Å². The lowest BCUT2D eigenvalue weighted by Crippen LogP contribution is -2.61. The highest BCUT2D eigenvalue weighted by molar-refractivity contribution is 6.30. The number of ether oxygens (including phenoxy) is 1. The van der Waals surface area contributed by atoms with Gasteiger partial charge in [0, 0.05) is 41.5 Å². The molecule has 3 fully saturated rings. The van der Waals surface area contributed by atoms with Crippen LogP contribution >= 0.6 is 11.6 Å². The van der Waals surface area contributed by atoms with Gasteiger partial charge in [0.15, 0.2) is 6.10 Å².